The van der Waals surface area contributed by atoms with Crippen LogP contribution in [-0.4, -0.2) is 32.4 Å². The molecule has 2 amide bonds. The summed E-state index contributed by atoms with van der Waals surface area (Å²) in [6.45, 7) is 0. The van der Waals surface area contributed by atoms with Crippen LogP contribution < -0.4 is 25.4 Å². The number of benzene rings is 3. The van der Waals surface area contributed by atoms with Gasteiger partial charge in [0.05, 0.1) is 26.0 Å². The van der Waals surface area contributed by atoms with Gasteiger partial charge in [-0.1, -0.05) is 30.3 Å². The quantitative estimate of drug-likeness (QED) is 0.289. The number of ether oxygens (including phenoxy) is 3. The molecule has 0 aromatic heterocycles. The highest BCUT2D eigenvalue weighted by atomic mass is 16.5. The van der Waals surface area contributed by atoms with E-state index in [0.717, 1.165) is 10.8 Å². The van der Waals surface area contributed by atoms with E-state index in [1.807, 2.05) is 30.3 Å². The Hall–Kier alpha value is -4.07. The molecule has 0 aliphatic heterocycles. The van der Waals surface area contributed by atoms with E-state index in [9.17, 15) is 9.59 Å². The standard InChI is InChI=1S/C21H19N3O5/c1-27-18-10-8-14(11-19(18)28-2)20(25)29-17-9-7-13-5-3-4-6-15(13)16(17)12-23-24-21(22)26/h3-12H,1-2H3,(H3,22,24,26)/b23-12+. The summed E-state index contributed by atoms with van der Waals surface area (Å²) in [5, 5.41) is 5.51. The molecular weight excluding hydrogens is 374 g/mol. The van der Waals surface area contributed by atoms with Gasteiger partial charge in [0.25, 0.3) is 0 Å². The molecule has 3 aromatic rings. The number of nitrogens with two attached hydrogens (primary N) is 1. The minimum absolute atomic E-state index is 0.276. The molecule has 29 heavy (non-hydrogen) atoms. The molecule has 8 heteroatoms. The van der Waals surface area contributed by atoms with Gasteiger partial charge < -0.3 is 19.9 Å². The fourth-order valence-corrected chi connectivity index (χ4v) is 2.78. The largest absolute Gasteiger partial charge is 0.493 e. The van der Waals surface area contributed by atoms with Gasteiger partial charge in [-0.2, -0.15) is 5.10 Å². The summed E-state index contributed by atoms with van der Waals surface area (Å²) < 4.78 is 16.0. The van der Waals surface area contributed by atoms with Gasteiger partial charge in [-0.25, -0.2) is 15.0 Å². The molecule has 3 aromatic carbocycles. The van der Waals surface area contributed by atoms with Crippen LogP contribution in [-0.2, 0) is 0 Å². The highest BCUT2D eigenvalue weighted by Gasteiger charge is 2.16. The predicted molar refractivity (Wildman–Crippen MR) is 109 cm³/mol. The second kappa shape index (κ2) is 8.75. The molecule has 0 radical (unpaired) electrons. The number of hydrazone groups is 1. The van der Waals surface area contributed by atoms with E-state index in [1.165, 1.54) is 26.5 Å². The third-order valence-electron chi connectivity index (χ3n) is 4.12. The average molecular weight is 393 g/mol. The summed E-state index contributed by atoms with van der Waals surface area (Å²) in [7, 11) is 2.99. The Morgan fingerprint density at radius 2 is 1.69 bits per heavy atom. The number of primary amides is 1. The summed E-state index contributed by atoms with van der Waals surface area (Å²) in [5.41, 5.74) is 7.99. The molecule has 3 rings (SSSR count). The molecule has 0 heterocycles. The molecule has 0 saturated carbocycles. The van der Waals surface area contributed by atoms with Crippen molar-refractivity contribution in [1.82, 2.24) is 5.43 Å². The lowest BCUT2D eigenvalue weighted by atomic mass is 10.0. The number of esters is 1. The number of nitrogens with one attached hydrogen (secondary N) is 1. The second-order valence-electron chi connectivity index (χ2n) is 5.89. The molecule has 0 fully saturated rings. The predicted octanol–water partition coefficient (Wildman–Crippen LogP) is 3.08. The summed E-state index contributed by atoms with van der Waals surface area (Å²) in [6, 6.07) is 14.9. The number of methoxy groups -OCH3 is 2. The lowest BCUT2D eigenvalue weighted by Gasteiger charge is -2.12. The van der Waals surface area contributed by atoms with E-state index < -0.39 is 12.0 Å². The number of amides is 2. The lowest BCUT2D eigenvalue weighted by Crippen LogP contribution is -2.24. The maximum atomic E-state index is 12.7. The van der Waals surface area contributed by atoms with Crippen molar-refractivity contribution in [3.8, 4) is 17.2 Å². The van der Waals surface area contributed by atoms with Crippen molar-refractivity contribution in [3.05, 3.63) is 65.7 Å². The normalized spacial score (nSPS) is 10.7. The van der Waals surface area contributed by atoms with Gasteiger partial charge >= 0.3 is 12.0 Å². The minimum atomic E-state index is -0.801. The number of urea groups is 1. The van der Waals surface area contributed by atoms with Gasteiger partial charge in [0.1, 0.15) is 5.75 Å². The van der Waals surface area contributed by atoms with E-state index >= 15 is 0 Å². The van der Waals surface area contributed by atoms with Gasteiger partial charge in [-0.05, 0) is 35.0 Å². The van der Waals surface area contributed by atoms with Crippen LogP contribution in [0.5, 0.6) is 17.2 Å². The molecule has 0 saturated heterocycles. The van der Waals surface area contributed by atoms with E-state index in [-0.39, 0.29) is 11.3 Å². The topological polar surface area (TPSA) is 112 Å². The smallest absolute Gasteiger partial charge is 0.343 e. The molecule has 0 spiro atoms. The SMILES string of the molecule is COc1ccc(C(=O)Oc2ccc3ccccc3c2/C=N/NC(N)=O)cc1OC. The number of carbonyl (C=O) groups excluding carboxylic acids is 2. The van der Waals surface area contributed by atoms with Crippen molar-refractivity contribution in [3.63, 3.8) is 0 Å². The third kappa shape index (κ3) is 4.44. The fraction of sp³-hybridized carbons (Fsp3) is 0.0952. The van der Waals surface area contributed by atoms with Crippen molar-refractivity contribution >= 4 is 29.0 Å². The first kappa shape index (κ1) is 19.7. The van der Waals surface area contributed by atoms with Crippen molar-refractivity contribution in [2.24, 2.45) is 10.8 Å². The van der Waals surface area contributed by atoms with Crippen molar-refractivity contribution < 1.29 is 23.8 Å². The van der Waals surface area contributed by atoms with Crippen LogP contribution in [0.2, 0.25) is 0 Å². The molecule has 0 aliphatic rings. The van der Waals surface area contributed by atoms with Gasteiger partial charge in [-0.3, -0.25) is 0 Å². The van der Waals surface area contributed by atoms with Gasteiger partial charge in [0.15, 0.2) is 11.5 Å². The van der Waals surface area contributed by atoms with E-state index in [0.29, 0.717) is 17.1 Å². The summed E-state index contributed by atoms with van der Waals surface area (Å²) >= 11 is 0. The minimum Gasteiger partial charge on any atom is -0.493 e. The molecule has 0 bridgehead atoms. The van der Waals surface area contributed by atoms with E-state index in [2.05, 4.69) is 10.5 Å². The highest BCUT2D eigenvalue weighted by molar-refractivity contribution is 6.04. The summed E-state index contributed by atoms with van der Waals surface area (Å²) in [4.78, 5) is 23.6. The molecule has 0 unspecified atom stereocenters. The van der Waals surface area contributed by atoms with Crippen LogP contribution in [0.4, 0.5) is 4.79 Å². The Morgan fingerprint density at radius 3 is 2.41 bits per heavy atom. The van der Waals surface area contributed by atoms with Crippen LogP contribution in [0, 0.1) is 0 Å². The van der Waals surface area contributed by atoms with Crippen LogP contribution in [0.25, 0.3) is 10.8 Å². The number of hydrogen-bond acceptors (Lipinski definition) is 6. The second-order valence-corrected chi connectivity index (χ2v) is 5.89. The Bertz CT molecular complexity index is 1090. The molecule has 3 N–H and O–H groups in total. The number of nitrogens with zero attached hydrogens (tertiary/aromatic N) is 1. The Balaban J connectivity index is 1.97. The lowest BCUT2D eigenvalue weighted by molar-refractivity contribution is 0.0734. The van der Waals surface area contributed by atoms with E-state index in [1.54, 1.807) is 18.2 Å². The Kier molecular flexibility index (Phi) is 5.94. The molecule has 0 aliphatic carbocycles. The Labute approximate surface area is 166 Å². The Morgan fingerprint density at radius 1 is 0.966 bits per heavy atom. The fourth-order valence-electron chi connectivity index (χ4n) is 2.78. The average Bonchev–Trinajstić information content (AvgIpc) is 2.74. The molecule has 8 nitrogen and oxygen atoms in total. The zero-order valence-electron chi connectivity index (χ0n) is 15.8. The molecule has 148 valence electrons. The summed E-state index contributed by atoms with van der Waals surface area (Å²) in [5.74, 6) is 0.602. The van der Waals surface area contributed by atoms with Gasteiger partial charge in [0, 0.05) is 5.56 Å². The monoisotopic (exact) mass is 393 g/mol. The van der Waals surface area contributed by atoms with Crippen molar-refractivity contribution in [1.29, 1.82) is 0 Å². The van der Waals surface area contributed by atoms with Gasteiger partial charge in [0.2, 0.25) is 0 Å². The number of carbonyl (C=O) groups is 2. The van der Waals surface area contributed by atoms with Crippen molar-refractivity contribution in [2.45, 2.75) is 0 Å². The molecule has 0 atom stereocenters. The third-order valence-corrected chi connectivity index (χ3v) is 4.12. The number of fused-ring (bicyclic) bond motifs is 1. The number of hydrogen-bond donors (Lipinski definition) is 2. The maximum absolute atomic E-state index is 12.7. The van der Waals surface area contributed by atoms with E-state index in [4.69, 9.17) is 19.9 Å². The van der Waals surface area contributed by atoms with Crippen molar-refractivity contribution in [2.75, 3.05) is 14.2 Å². The highest BCUT2D eigenvalue weighted by Crippen LogP contribution is 2.30. The zero-order valence-corrected chi connectivity index (χ0v) is 15.8. The van der Waals surface area contributed by atoms with Crippen LogP contribution >= 0.6 is 0 Å². The first-order valence-corrected chi connectivity index (χ1v) is 8.58. The van der Waals surface area contributed by atoms with Crippen LogP contribution in [0.3, 0.4) is 0 Å². The summed E-state index contributed by atoms with van der Waals surface area (Å²) in [6.07, 6.45) is 1.38. The zero-order chi connectivity index (χ0) is 20.8. The number of rotatable bonds is 6. The molecular formula is C21H19N3O5. The van der Waals surface area contributed by atoms with Crippen LogP contribution in [0.1, 0.15) is 15.9 Å². The van der Waals surface area contributed by atoms with Crippen LogP contribution in [0.15, 0.2) is 59.7 Å². The van der Waals surface area contributed by atoms with Gasteiger partial charge in [-0.15, -0.1) is 0 Å². The maximum Gasteiger partial charge on any atom is 0.343 e. The first-order valence-electron chi connectivity index (χ1n) is 8.58. The first-order chi connectivity index (χ1) is 14.0.